The fraction of sp³-hybridized carbons (Fsp3) is 0.407. The second-order valence-electron chi connectivity index (χ2n) is 3.35. The molecule has 172 valence electrons. The van der Waals surface area contributed by atoms with Crippen LogP contribution in [0.1, 0.15) is 98.5 Å². The van der Waals surface area contributed by atoms with E-state index < -0.39 is 0 Å². The van der Waals surface area contributed by atoms with E-state index in [-0.39, 0.29) is 22.3 Å². The minimum atomic E-state index is 0. The van der Waals surface area contributed by atoms with Crippen LogP contribution in [0, 0.1) is 0 Å². The third-order valence-corrected chi connectivity index (χ3v) is 2.11. The summed E-state index contributed by atoms with van der Waals surface area (Å²) in [7, 11) is 2.50. The van der Waals surface area contributed by atoms with Gasteiger partial charge in [0.2, 0.25) is 0 Å². The Hall–Kier alpha value is -2.48. The standard InChI is InChI=1S/C9H9N.C7H7N.3C2H6.5CH4/c1-3-8-6-5-7-9(4-2)10-8;1-2-7-5-3-4-6-8-7;3*1-2;;;;;/h3-7H,1-2H2;2-6H,1H2;3*1-2H3;5*1H4/i;;;;;2*1D;;;. The molecule has 0 aliphatic carbocycles. The van der Waals surface area contributed by atoms with Gasteiger partial charge in [0.1, 0.15) is 0 Å². The highest BCUT2D eigenvalue weighted by Crippen LogP contribution is 2.00. The lowest BCUT2D eigenvalue weighted by molar-refractivity contribution is 1.27. The number of nitrogens with zero attached hydrogens (tertiary/aromatic N) is 2. The maximum Gasteiger partial charge on any atom is 0.0631 e. The lowest BCUT2D eigenvalue weighted by Gasteiger charge is -1.92. The highest BCUT2D eigenvalue weighted by molar-refractivity contribution is 5.47. The topological polar surface area (TPSA) is 25.8 Å². The molecule has 0 aromatic carbocycles. The lowest BCUT2D eigenvalue weighted by atomic mass is 10.3. The SMILES string of the molecule is C.C.C.C=Cc1cccc(C=C)n1.C=Cc1ccccn1.CC.CC.CC.[2H]C.[2H]C. The summed E-state index contributed by atoms with van der Waals surface area (Å²) in [6, 6.07) is 11.5. The van der Waals surface area contributed by atoms with Crippen molar-refractivity contribution in [2.24, 2.45) is 0 Å². The Morgan fingerprint density at radius 3 is 1.21 bits per heavy atom. The van der Waals surface area contributed by atoms with Crippen LogP contribution in [-0.2, 0) is 0 Å². The van der Waals surface area contributed by atoms with E-state index in [1.165, 1.54) is 14.8 Å². The zero-order valence-corrected chi connectivity index (χ0v) is 18.3. The molecule has 0 radical (unpaired) electrons. The van der Waals surface area contributed by atoms with Gasteiger partial charge in [-0.1, -0.05) is 110 Å². The highest BCUT2D eigenvalue weighted by atomic mass is 14.7. The molecule has 0 aliphatic heterocycles. The van der Waals surface area contributed by atoms with Crippen molar-refractivity contribution in [3.8, 4) is 0 Å². The van der Waals surface area contributed by atoms with Crippen molar-refractivity contribution in [3.63, 3.8) is 0 Å². The molecule has 0 saturated heterocycles. The molecule has 0 spiro atoms. The van der Waals surface area contributed by atoms with Crippen LogP contribution in [-0.4, -0.2) is 9.97 Å². The minimum absolute atomic E-state index is 0. The van der Waals surface area contributed by atoms with Gasteiger partial charge in [-0.3, -0.25) is 4.98 Å². The summed E-state index contributed by atoms with van der Waals surface area (Å²) in [5, 5.41) is 0. The van der Waals surface area contributed by atoms with E-state index in [0.717, 1.165) is 17.1 Å². The molecule has 29 heavy (non-hydrogen) atoms. The fourth-order valence-corrected chi connectivity index (χ4v) is 1.19. The van der Waals surface area contributed by atoms with Crippen molar-refractivity contribution in [1.82, 2.24) is 9.97 Å². The van der Waals surface area contributed by atoms with Crippen LogP contribution >= 0.6 is 0 Å². The molecule has 0 unspecified atom stereocenters. The monoisotopic (exact) mass is 408 g/mol. The Morgan fingerprint density at radius 1 is 0.621 bits per heavy atom. The zero-order valence-electron chi connectivity index (χ0n) is 20.3. The number of hydrogen-bond donors (Lipinski definition) is 0. The number of hydrogen-bond acceptors (Lipinski definition) is 2. The van der Waals surface area contributed by atoms with E-state index in [1.54, 1.807) is 24.4 Å². The fourth-order valence-electron chi connectivity index (χ4n) is 1.19. The van der Waals surface area contributed by atoms with Gasteiger partial charge >= 0.3 is 0 Å². The number of aromatic nitrogens is 2. The Kier molecular flexibility index (Phi) is 63.3. The Morgan fingerprint density at radius 2 is 0.966 bits per heavy atom. The number of pyridine rings is 2. The molecule has 2 heteroatoms. The summed E-state index contributed by atoms with van der Waals surface area (Å²) in [4.78, 5) is 8.15. The highest BCUT2D eigenvalue weighted by Gasteiger charge is 1.86. The van der Waals surface area contributed by atoms with Gasteiger partial charge in [0.05, 0.1) is 17.1 Å². The summed E-state index contributed by atoms with van der Waals surface area (Å²) in [6.45, 7) is 22.8. The van der Waals surface area contributed by atoms with E-state index in [2.05, 4.69) is 29.7 Å². The first-order valence-electron chi connectivity index (χ1n) is 10.6. The van der Waals surface area contributed by atoms with Crippen LogP contribution in [0.2, 0.25) is 0 Å². The van der Waals surface area contributed by atoms with Crippen LogP contribution in [0.5, 0.6) is 0 Å². The quantitative estimate of drug-likeness (QED) is 0.504. The predicted octanol–water partition coefficient (Wildman–Crippen LogP) is 10.4. The van der Waals surface area contributed by atoms with E-state index >= 15 is 0 Å². The summed E-state index contributed by atoms with van der Waals surface area (Å²) < 4.78 is 11.5. The predicted molar refractivity (Wildman–Crippen MR) is 146 cm³/mol. The van der Waals surface area contributed by atoms with Crippen LogP contribution in [0.15, 0.2) is 62.3 Å². The molecule has 0 saturated carbocycles. The molecule has 2 rings (SSSR count). The van der Waals surface area contributed by atoms with Crippen LogP contribution < -0.4 is 0 Å². The van der Waals surface area contributed by atoms with Crippen LogP contribution in [0.25, 0.3) is 18.2 Å². The van der Waals surface area contributed by atoms with Gasteiger partial charge in [0.25, 0.3) is 0 Å². The molecule has 2 nitrogen and oxygen atoms in total. The Bertz CT molecular complexity index is 505. The van der Waals surface area contributed by atoms with Gasteiger partial charge in [0.15, 0.2) is 0 Å². The van der Waals surface area contributed by atoms with E-state index in [0.29, 0.717) is 0 Å². The van der Waals surface area contributed by atoms with Gasteiger partial charge in [-0.25, -0.2) is 4.98 Å². The van der Waals surface area contributed by atoms with E-state index in [4.69, 9.17) is 2.74 Å². The molecule has 0 aliphatic rings. The van der Waals surface area contributed by atoms with Crippen LogP contribution in [0.3, 0.4) is 0 Å². The summed E-state index contributed by atoms with van der Waals surface area (Å²) in [5.41, 5.74) is 2.70. The first kappa shape index (κ1) is 41.0. The molecular weight excluding hydrogens is 352 g/mol. The molecule has 0 amide bonds. The lowest BCUT2D eigenvalue weighted by Crippen LogP contribution is -1.82. The minimum Gasteiger partial charge on any atom is -0.257 e. The third kappa shape index (κ3) is 30.5. The molecule has 0 atom stereocenters. The first-order chi connectivity index (χ1) is 13.8. The third-order valence-electron chi connectivity index (χ3n) is 2.11. The van der Waals surface area contributed by atoms with E-state index in [1.807, 2.05) is 77.9 Å². The van der Waals surface area contributed by atoms with Gasteiger partial charge < -0.3 is 0 Å². The molecule has 2 heterocycles. The zero-order chi connectivity index (χ0) is 23.2. The molecule has 0 bridgehead atoms. The molecule has 0 fully saturated rings. The van der Waals surface area contributed by atoms with Gasteiger partial charge in [0, 0.05) is 8.94 Å². The molecule has 0 N–H and O–H groups in total. The van der Waals surface area contributed by atoms with Crippen molar-refractivity contribution in [3.05, 3.63) is 79.4 Å². The van der Waals surface area contributed by atoms with E-state index in [9.17, 15) is 0 Å². The van der Waals surface area contributed by atoms with Gasteiger partial charge in [-0.15, -0.1) is 0 Å². The van der Waals surface area contributed by atoms with Gasteiger partial charge in [-0.2, -0.15) is 0 Å². The Balaban J connectivity index is -0.0000000382. The Labute approximate surface area is 189 Å². The average Bonchev–Trinajstić information content (AvgIpc) is 2.86. The van der Waals surface area contributed by atoms with Crippen molar-refractivity contribution < 1.29 is 2.74 Å². The summed E-state index contributed by atoms with van der Waals surface area (Å²) in [6.07, 6.45) is 6.90. The van der Waals surface area contributed by atoms with Crippen molar-refractivity contribution in [2.75, 3.05) is 0 Å². The van der Waals surface area contributed by atoms with Gasteiger partial charge in [-0.05, 0) is 42.5 Å². The normalized spacial score (nSPS) is 6.48. The second kappa shape index (κ2) is 44.7. The average molecular weight is 409 g/mol. The maximum absolute atomic E-state index is 5.75. The first-order valence-corrected chi connectivity index (χ1v) is 8.55. The second-order valence-corrected chi connectivity index (χ2v) is 3.35. The summed E-state index contributed by atoms with van der Waals surface area (Å²) >= 11 is 0. The van der Waals surface area contributed by atoms with Crippen molar-refractivity contribution in [2.45, 2.75) is 78.6 Å². The molecular formula is C27H54N2. The smallest absolute Gasteiger partial charge is 0.0631 e. The van der Waals surface area contributed by atoms with Crippen molar-refractivity contribution >= 4 is 18.2 Å². The molecule has 2 aromatic rings. The van der Waals surface area contributed by atoms with Crippen molar-refractivity contribution in [1.29, 1.82) is 0 Å². The van der Waals surface area contributed by atoms with Crippen LogP contribution in [0.4, 0.5) is 0 Å². The largest absolute Gasteiger partial charge is 0.257 e. The molecule has 2 aromatic heterocycles. The number of rotatable bonds is 3. The maximum atomic E-state index is 5.75. The summed E-state index contributed by atoms with van der Waals surface area (Å²) in [5.74, 6) is 0.